The van der Waals surface area contributed by atoms with Crippen LogP contribution in [0.1, 0.15) is 43.1 Å². The van der Waals surface area contributed by atoms with Crippen molar-refractivity contribution >= 4 is 5.91 Å². The fraction of sp³-hybridized carbons (Fsp3) is 0.533. The van der Waals surface area contributed by atoms with Crippen molar-refractivity contribution in [2.75, 3.05) is 6.61 Å². The van der Waals surface area contributed by atoms with E-state index in [1.807, 2.05) is 20.8 Å². The molecule has 1 rings (SSSR count). The van der Waals surface area contributed by atoms with Crippen molar-refractivity contribution in [3.8, 4) is 0 Å². The molecular weight excluding hydrogens is 245 g/mol. The average molecular weight is 267 g/mol. The Kier molecular flexibility index (Phi) is 5.06. The summed E-state index contributed by atoms with van der Waals surface area (Å²) in [5.74, 6) is -0.581. The van der Waals surface area contributed by atoms with Crippen LogP contribution in [-0.2, 0) is 0 Å². The molecule has 0 saturated carbocycles. The highest BCUT2D eigenvalue weighted by molar-refractivity contribution is 5.95. The van der Waals surface area contributed by atoms with Crippen LogP contribution in [0.4, 0.5) is 4.39 Å². The van der Waals surface area contributed by atoms with Gasteiger partial charge in [0.2, 0.25) is 0 Å². The second-order valence-electron chi connectivity index (χ2n) is 5.86. The molecule has 0 heterocycles. The maximum Gasteiger partial charge on any atom is 0.251 e. The summed E-state index contributed by atoms with van der Waals surface area (Å²) in [5, 5.41) is 12.0. The van der Waals surface area contributed by atoms with Gasteiger partial charge in [0.15, 0.2) is 0 Å². The van der Waals surface area contributed by atoms with Gasteiger partial charge in [-0.05, 0) is 42.5 Å². The fourth-order valence-corrected chi connectivity index (χ4v) is 1.97. The minimum absolute atomic E-state index is 0.0185. The Morgan fingerprint density at radius 3 is 2.53 bits per heavy atom. The van der Waals surface area contributed by atoms with E-state index in [0.29, 0.717) is 17.5 Å². The number of nitrogens with one attached hydrogen (secondary N) is 1. The molecule has 0 aliphatic carbocycles. The van der Waals surface area contributed by atoms with Crippen LogP contribution >= 0.6 is 0 Å². The van der Waals surface area contributed by atoms with Gasteiger partial charge in [0, 0.05) is 18.2 Å². The Hall–Kier alpha value is -1.42. The first-order valence-electron chi connectivity index (χ1n) is 6.43. The second-order valence-corrected chi connectivity index (χ2v) is 5.86. The molecule has 0 aliphatic heterocycles. The molecule has 0 saturated heterocycles. The van der Waals surface area contributed by atoms with Crippen LogP contribution in [-0.4, -0.2) is 23.7 Å². The smallest absolute Gasteiger partial charge is 0.251 e. The summed E-state index contributed by atoms with van der Waals surface area (Å²) >= 11 is 0. The van der Waals surface area contributed by atoms with E-state index >= 15 is 0 Å². The van der Waals surface area contributed by atoms with Crippen LogP contribution in [0.5, 0.6) is 0 Å². The van der Waals surface area contributed by atoms with Crippen LogP contribution in [0.25, 0.3) is 0 Å². The molecule has 1 atom stereocenters. The van der Waals surface area contributed by atoms with Gasteiger partial charge >= 0.3 is 0 Å². The number of aliphatic hydroxyl groups excluding tert-OH is 1. The van der Waals surface area contributed by atoms with Gasteiger partial charge in [0.25, 0.3) is 5.91 Å². The summed E-state index contributed by atoms with van der Waals surface area (Å²) in [6.45, 7) is 7.74. The molecule has 3 nitrogen and oxygen atoms in total. The molecule has 1 aromatic carbocycles. The van der Waals surface area contributed by atoms with Crippen molar-refractivity contribution in [3.63, 3.8) is 0 Å². The van der Waals surface area contributed by atoms with Crippen molar-refractivity contribution < 1.29 is 14.3 Å². The van der Waals surface area contributed by atoms with Crippen molar-refractivity contribution in [1.29, 1.82) is 0 Å². The van der Waals surface area contributed by atoms with Crippen molar-refractivity contribution in [1.82, 2.24) is 5.32 Å². The number of amides is 1. The monoisotopic (exact) mass is 267 g/mol. The lowest BCUT2D eigenvalue weighted by atomic mass is 9.84. The molecule has 19 heavy (non-hydrogen) atoms. The Bertz CT molecular complexity index is 452. The topological polar surface area (TPSA) is 49.3 Å². The number of halogens is 1. The van der Waals surface area contributed by atoms with E-state index in [0.717, 1.165) is 0 Å². The third-order valence-corrected chi connectivity index (χ3v) is 3.20. The molecule has 1 amide bonds. The van der Waals surface area contributed by atoms with Gasteiger partial charge in [0.1, 0.15) is 5.82 Å². The molecule has 0 aromatic heterocycles. The minimum Gasteiger partial charge on any atom is -0.396 e. The molecule has 0 aliphatic rings. The van der Waals surface area contributed by atoms with Crippen LogP contribution < -0.4 is 5.32 Å². The lowest BCUT2D eigenvalue weighted by Gasteiger charge is -2.31. The predicted octanol–water partition coefficient (Wildman–Crippen LogP) is 2.66. The predicted molar refractivity (Wildman–Crippen MR) is 73.5 cm³/mol. The molecule has 1 unspecified atom stereocenters. The van der Waals surface area contributed by atoms with E-state index in [4.69, 9.17) is 5.11 Å². The summed E-state index contributed by atoms with van der Waals surface area (Å²) in [5.41, 5.74) is 0.925. The van der Waals surface area contributed by atoms with Crippen molar-refractivity contribution in [3.05, 3.63) is 35.1 Å². The first kappa shape index (κ1) is 15.6. The molecule has 2 N–H and O–H groups in total. The Morgan fingerprint density at radius 1 is 1.42 bits per heavy atom. The van der Waals surface area contributed by atoms with Crippen molar-refractivity contribution in [2.45, 2.75) is 40.2 Å². The standard InChI is InChI=1S/C15H22FNO2/c1-10-9-11(16)5-6-12(10)14(19)17-13(7-8-18)15(2,3)4/h5-6,9,13,18H,7-8H2,1-4H3,(H,17,19). The molecular formula is C15H22FNO2. The zero-order valence-electron chi connectivity index (χ0n) is 12.0. The SMILES string of the molecule is Cc1cc(F)ccc1C(=O)NC(CCO)C(C)(C)C. The number of hydrogen-bond donors (Lipinski definition) is 2. The minimum atomic E-state index is -0.350. The lowest BCUT2D eigenvalue weighted by molar-refractivity contribution is 0.0884. The van der Waals surface area contributed by atoms with E-state index in [1.165, 1.54) is 18.2 Å². The highest BCUT2D eigenvalue weighted by atomic mass is 19.1. The maximum absolute atomic E-state index is 13.0. The van der Waals surface area contributed by atoms with Crippen LogP contribution in [0, 0.1) is 18.2 Å². The molecule has 0 bridgehead atoms. The summed E-state index contributed by atoms with van der Waals surface area (Å²) in [6.07, 6.45) is 0.496. The van der Waals surface area contributed by atoms with E-state index in [1.54, 1.807) is 6.92 Å². The van der Waals surface area contributed by atoms with Crippen molar-refractivity contribution in [2.24, 2.45) is 5.41 Å². The average Bonchev–Trinajstić information content (AvgIpc) is 2.26. The lowest BCUT2D eigenvalue weighted by Crippen LogP contribution is -2.44. The van der Waals surface area contributed by atoms with Crippen LogP contribution in [0.3, 0.4) is 0 Å². The van der Waals surface area contributed by atoms with Crippen LogP contribution in [0.2, 0.25) is 0 Å². The molecule has 106 valence electrons. The fourth-order valence-electron chi connectivity index (χ4n) is 1.97. The van der Waals surface area contributed by atoms with E-state index in [-0.39, 0.29) is 29.8 Å². The van der Waals surface area contributed by atoms with E-state index in [9.17, 15) is 9.18 Å². The molecule has 0 spiro atoms. The maximum atomic E-state index is 13.0. The number of aryl methyl sites for hydroxylation is 1. The van der Waals surface area contributed by atoms with Gasteiger partial charge in [-0.3, -0.25) is 4.79 Å². The Balaban J connectivity index is 2.88. The van der Waals surface area contributed by atoms with Gasteiger partial charge in [-0.25, -0.2) is 4.39 Å². The van der Waals surface area contributed by atoms with E-state index in [2.05, 4.69) is 5.32 Å². The quantitative estimate of drug-likeness (QED) is 0.881. The number of aliphatic hydroxyl groups is 1. The Labute approximate surface area is 113 Å². The van der Waals surface area contributed by atoms with Gasteiger partial charge < -0.3 is 10.4 Å². The number of hydrogen-bond acceptors (Lipinski definition) is 2. The normalized spacial score (nSPS) is 13.2. The number of rotatable bonds is 4. The highest BCUT2D eigenvalue weighted by Crippen LogP contribution is 2.22. The number of benzene rings is 1. The van der Waals surface area contributed by atoms with Crippen LogP contribution in [0.15, 0.2) is 18.2 Å². The van der Waals surface area contributed by atoms with Gasteiger partial charge in [-0.2, -0.15) is 0 Å². The second kappa shape index (κ2) is 6.15. The molecule has 1 aromatic rings. The number of carbonyl (C=O) groups excluding carboxylic acids is 1. The largest absolute Gasteiger partial charge is 0.396 e. The summed E-state index contributed by atoms with van der Waals surface area (Å²) in [4.78, 5) is 12.2. The summed E-state index contributed by atoms with van der Waals surface area (Å²) < 4.78 is 13.0. The van der Waals surface area contributed by atoms with E-state index < -0.39 is 0 Å². The van der Waals surface area contributed by atoms with Gasteiger partial charge in [-0.15, -0.1) is 0 Å². The molecule has 4 heteroatoms. The summed E-state index contributed by atoms with van der Waals surface area (Å²) in [7, 11) is 0. The Morgan fingerprint density at radius 2 is 2.05 bits per heavy atom. The highest BCUT2D eigenvalue weighted by Gasteiger charge is 2.26. The third-order valence-electron chi connectivity index (χ3n) is 3.20. The third kappa shape index (κ3) is 4.31. The first-order chi connectivity index (χ1) is 8.75. The first-order valence-corrected chi connectivity index (χ1v) is 6.43. The summed E-state index contributed by atoms with van der Waals surface area (Å²) in [6, 6.07) is 3.97. The number of carbonyl (C=O) groups is 1. The molecule has 0 radical (unpaired) electrons. The van der Waals surface area contributed by atoms with Gasteiger partial charge in [0.05, 0.1) is 0 Å². The zero-order chi connectivity index (χ0) is 14.6. The zero-order valence-corrected chi connectivity index (χ0v) is 12.0. The molecule has 0 fully saturated rings. The van der Waals surface area contributed by atoms with Gasteiger partial charge in [-0.1, -0.05) is 20.8 Å².